The highest BCUT2D eigenvalue weighted by Crippen LogP contribution is 2.38. The van der Waals surface area contributed by atoms with E-state index >= 15 is 0 Å². The van der Waals surface area contributed by atoms with Crippen molar-refractivity contribution in [3.63, 3.8) is 0 Å². The van der Waals surface area contributed by atoms with Gasteiger partial charge in [0.05, 0.1) is 27.4 Å². The third-order valence-corrected chi connectivity index (χ3v) is 8.09. The predicted octanol–water partition coefficient (Wildman–Crippen LogP) is 4.23. The Bertz CT molecular complexity index is 1280. The van der Waals surface area contributed by atoms with Gasteiger partial charge in [0.15, 0.2) is 0 Å². The molecule has 2 heterocycles. The van der Waals surface area contributed by atoms with E-state index in [1.165, 1.54) is 23.5 Å². The van der Waals surface area contributed by atoms with Crippen molar-refractivity contribution >= 4 is 27.5 Å². The van der Waals surface area contributed by atoms with Crippen LogP contribution in [-0.4, -0.2) is 48.0 Å². The van der Waals surface area contributed by atoms with Crippen LogP contribution < -0.4 is 4.74 Å². The van der Waals surface area contributed by atoms with Crippen LogP contribution in [0.5, 0.6) is 5.75 Å². The number of sulfonamides is 1. The number of nitro benzene ring substituents is 1. The summed E-state index contributed by atoms with van der Waals surface area (Å²) in [6.45, 7) is 2.80. The maximum absolute atomic E-state index is 13.0. The summed E-state index contributed by atoms with van der Waals surface area (Å²) in [6.07, 6.45) is 1.73. The van der Waals surface area contributed by atoms with Gasteiger partial charge in [-0.25, -0.2) is 8.42 Å². The van der Waals surface area contributed by atoms with Gasteiger partial charge in [0, 0.05) is 19.2 Å². The Labute approximate surface area is 195 Å². The number of piperidine rings is 1. The molecule has 0 bridgehead atoms. The molecule has 10 nitrogen and oxygen atoms in total. The molecule has 0 N–H and O–H groups in total. The number of hydrogen-bond donors (Lipinski definition) is 0. The Balaban J connectivity index is 1.62. The molecule has 1 saturated heterocycles. The fourth-order valence-electron chi connectivity index (χ4n) is 3.68. The zero-order valence-electron chi connectivity index (χ0n) is 18.0. The van der Waals surface area contributed by atoms with Crippen molar-refractivity contribution in [2.45, 2.75) is 34.8 Å². The van der Waals surface area contributed by atoms with Crippen LogP contribution in [0.1, 0.15) is 19.8 Å². The number of nitrogens with zero attached hydrogens (tertiary/aromatic N) is 4. The molecule has 0 saturated carbocycles. The summed E-state index contributed by atoms with van der Waals surface area (Å²) in [5.74, 6) is 0.995. The summed E-state index contributed by atoms with van der Waals surface area (Å²) >= 11 is 0.896. The third-order valence-electron chi connectivity index (χ3n) is 5.33. The van der Waals surface area contributed by atoms with Gasteiger partial charge in [0.1, 0.15) is 5.75 Å². The van der Waals surface area contributed by atoms with E-state index in [2.05, 4.69) is 10.2 Å². The van der Waals surface area contributed by atoms with E-state index in [9.17, 15) is 18.5 Å². The SMILES string of the molecule is COc1ccccc1-c1nnc(Sc2ccc(S(=O)(=O)N3CCCC(C)C3)cc2[N+](=O)[O-])o1. The molecule has 1 aliphatic rings. The topological polar surface area (TPSA) is 129 Å². The van der Waals surface area contributed by atoms with Gasteiger partial charge in [0.25, 0.3) is 16.8 Å². The lowest BCUT2D eigenvalue weighted by Gasteiger charge is -2.30. The number of ether oxygens (including phenoxy) is 1. The van der Waals surface area contributed by atoms with Crippen LogP contribution in [0.15, 0.2) is 61.9 Å². The summed E-state index contributed by atoms with van der Waals surface area (Å²) in [4.78, 5) is 11.2. The van der Waals surface area contributed by atoms with Crippen molar-refractivity contribution in [2.75, 3.05) is 20.2 Å². The van der Waals surface area contributed by atoms with E-state index in [-0.39, 0.29) is 32.5 Å². The molecule has 0 aliphatic carbocycles. The number of benzene rings is 2. The molecule has 1 unspecified atom stereocenters. The van der Waals surface area contributed by atoms with E-state index in [1.54, 1.807) is 24.3 Å². The largest absolute Gasteiger partial charge is 0.496 e. The second-order valence-electron chi connectivity index (χ2n) is 7.67. The van der Waals surface area contributed by atoms with E-state index < -0.39 is 14.9 Å². The normalized spacial score (nSPS) is 17.1. The van der Waals surface area contributed by atoms with Crippen LogP contribution in [0.3, 0.4) is 0 Å². The second kappa shape index (κ2) is 9.49. The first-order chi connectivity index (χ1) is 15.8. The van der Waals surface area contributed by atoms with Gasteiger partial charge < -0.3 is 9.15 Å². The Morgan fingerprint density at radius 3 is 2.76 bits per heavy atom. The third kappa shape index (κ3) is 4.87. The molecule has 4 rings (SSSR count). The van der Waals surface area contributed by atoms with Crippen LogP contribution in [0.25, 0.3) is 11.5 Å². The van der Waals surface area contributed by atoms with Gasteiger partial charge >= 0.3 is 0 Å². The van der Waals surface area contributed by atoms with Crippen molar-refractivity contribution in [2.24, 2.45) is 5.92 Å². The minimum Gasteiger partial charge on any atom is -0.496 e. The molecule has 3 aromatic rings. The molecule has 1 fully saturated rings. The zero-order chi connectivity index (χ0) is 23.6. The van der Waals surface area contributed by atoms with Crippen LogP contribution in [0.4, 0.5) is 5.69 Å². The molecule has 12 heteroatoms. The van der Waals surface area contributed by atoms with Crippen molar-refractivity contribution in [1.29, 1.82) is 0 Å². The standard InChI is InChI=1S/C21H22N4O6S2/c1-14-6-5-11-24(13-14)33(28,29)15-9-10-19(17(12-15)25(26)27)32-21-23-22-20(31-21)16-7-3-4-8-18(16)30-2/h3-4,7-10,12,14H,5-6,11,13H2,1-2H3. The van der Waals surface area contributed by atoms with Gasteiger partial charge in [0.2, 0.25) is 10.0 Å². The molecule has 174 valence electrons. The summed E-state index contributed by atoms with van der Waals surface area (Å²) in [5, 5.41) is 19.8. The first-order valence-corrected chi connectivity index (χ1v) is 12.5. The van der Waals surface area contributed by atoms with E-state index in [1.807, 2.05) is 6.92 Å². The monoisotopic (exact) mass is 490 g/mol. The molecule has 1 atom stereocenters. The fraction of sp³-hybridized carbons (Fsp3) is 0.333. The number of aromatic nitrogens is 2. The van der Waals surface area contributed by atoms with E-state index in [0.717, 1.165) is 30.7 Å². The summed E-state index contributed by atoms with van der Waals surface area (Å²) in [6, 6.07) is 11.0. The quantitative estimate of drug-likeness (QED) is 0.353. The van der Waals surface area contributed by atoms with Gasteiger partial charge in [-0.15, -0.1) is 10.2 Å². The number of nitro groups is 1. The Kier molecular flexibility index (Phi) is 6.68. The zero-order valence-corrected chi connectivity index (χ0v) is 19.6. The molecule has 2 aromatic carbocycles. The molecule has 0 spiro atoms. The first-order valence-electron chi connectivity index (χ1n) is 10.2. The average molecular weight is 491 g/mol. The Morgan fingerprint density at radius 2 is 2.03 bits per heavy atom. The van der Waals surface area contributed by atoms with E-state index in [4.69, 9.17) is 9.15 Å². The van der Waals surface area contributed by atoms with Crippen molar-refractivity contribution in [3.8, 4) is 17.2 Å². The predicted molar refractivity (Wildman–Crippen MR) is 121 cm³/mol. The average Bonchev–Trinajstić information content (AvgIpc) is 3.27. The Morgan fingerprint density at radius 1 is 1.24 bits per heavy atom. The first kappa shape index (κ1) is 23.2. The molecule has 1 aliphatic heterocycles. The maximum atomic E-state index is 13.0. The van der Waals surface area contributed by atoms with Crippen LogP contribution in [0, 0.1) is 16.0 Å². The highest BCUT2D eigenvalue weighted by Gasteiger charge is 2.31. The van der Waals surface area contributed by atoms with Crippen molar-refractivity contribution in [3.05, 3.63) is 52.6 Å². The molecule has 33 heavy (non-hydrogen) atoms. The highest BCUT2D eigenvalue weighted by atomic mass is 32.2. The minimum absolute atomic E-state index is 0.0828. The summed E-state index contributed by atoms with van der Waals surface area (Å²) in [7, 11) is -2.30. The van der Waals surface area contributed by atoms with Crippen LogP contribution in [0.2, 0.25) is 0 Å². The van der Waals surface area contributed by atoms with Crippen LogP contribution >= 0.6 is 11.8 Å². The second-order valence-corrected chi connectivity index (χ2v) is 10.6. The number of para-hydroxylation sites is 1. The lowest BCUT2D eigenvalue weighted by Crippen LogP contribution is -2.39. The molecule has 1 aromatic heterocycles. The van der Waals surface area contributed by atoms with Gasteiger partial charge in [-0.2, -0.15) is 4.31 Å². The lowest BCUT2D eigenvalue weighted by molar-refractivity contribution is -0.388. The maximum Gasteiger partial charge on any atom is 0.284 e. The van der Waals surface area contributed by atoms with Gasteiger partial charge in [-0.1, -0.05) is 19.1 Å². The van der Waals surface area contributed by atoms with Crippen LogP contribution in [-0.2, 0) is 10.0 Å². The Hall–Kier alpha value is -2.96. The molecule has 0 radical (unpaired) electrons. The molecular formula is C21H22N4O6S2. The number of hydrogen-bond acceptors (Lipinski definition) is 9. The fourth-order valence-corrected chi connectivity index (χ4v) is 6.06. The van der Waals surface area contributed by atoms with Crippen molar-refractivity contribution in [1.82, 2.24) is 14.5 Å². The summed E-state index contributed by atoms with van der Waals surface area (Å²) < 4.78 is 38.4. The number of methoxy groups -OCH3 is 1. The summed E-state index contributed by atoms with van der Waals surface area (Å²) in [5.41, 5.74) is 0.245. The van der Waals surface area contributed by atoms with E-state index in [0.29, 0.717) is 24.4 Å². The minimum atomic E-state index is -3.83. The van der Waals surface area contributed by atoms with Crippen molar-refractivity contribution < 1.29 is 22.5 Å². The van der Waals surface area contributed by atoms with Gasteiger partial charge in [-0.05, 0) is 54.8 Å². The highest BCUT2D eigenvalue weighted by molar-refractivity contribution is 7.99. The lowest BCUT2D eigenvalue weighted by atomic mass is 10.0. The molecular weight excluding hydrogens is 468 g/mol. The molecule has 0 amide bonds. The smallest absolute Gasteiger partial charge is 0.284 e. The van der Waals surface area contributed by atoms with Gasteiger partial charge in [-0.3, -0.25) is 10.1 Å². The number of rotatable bonds is 7.